The Morgan fingerprint density at radius 2 is 1.95 bits per heavy atom. The van der Waals surface area contributed by atoms with Gasteiger partial charge in [-0.05, 0) is 44.9 Å². The van der Waals surface area contributed by atoms with Crippen LogP contribution in [0.5, 0.6) is 0 Å². The average molecular weight is 283 g/mol. The van der Waals surface area contributed by atoms with Gasteiger partial charge in [0.1, 0.15) is 0 Å². The second kappa shape index (κ2) is 7.07. The molecular weight excluding hydrogens is 258 g/mol. The summed E-state index contributed by atoms with van der Waals surface area (Å²) in [6, 6.07) is 0. The van der Waals surface area contributed by atoms with Crippen LogP contribution < -0.4 is 5.32 Å². The van der Waals surface area contributed by atoms with Gasteiger partial charge in [0.2, 0.25) is 5.91 Å². The zero-order valence-electron chi connectivity index (χ0n) is 12.1. The summed E-state index contributed by atoms with van der Waals surface area (Å²) in [4.78, 5) is 23.2. The van der Waals surface area contributed by atoms with E-state index in [1.165, 1.54) is 0 Å². The Labute approximate surface area is 120 Å². The number of hydrogen-bond acceptors (Lipinski definition) is 3. The van der Waals surface area contributed by atoms with E-state index < -0.39 is 5.97 Å². The molecule has 0 radical (unpaired) electrons. The third-order valence-corrected chi connectivity index (χ3v) is 4.55. The molecule has 0 aromatic carbocycles. The zero-order chi connectivity index (χ0) is 14.5. The number of ether oxygens (including phenoxy) is 1. The predicted molar refractivity (Wildman–Crippen MR) is 74.2 cm³/mol. The number of carboxylic acid groups (broad SMARTS) is 1. The summed E-state index contributed by atoms with van der Waals surface area (Å²) in [5.74, 6) is -0.706. The molecule has 0 aromatic heterocycles. The molecule has 114 valence electrons. The molecule has 1 amide bonds. The van der Waals surface area contributed by atoms with Gasteiger partial charge in [-0.15, -0.1) is 0 Å². The van der Waals surface area contributed by atoms with Gasteiger partial charge in [-0.2, -0.15) is 0 Å². The number of hydrogen-bond donors (Lipinski definition) is 2. The van der Waals surface area contributed by atoms with E-state index in [1.807, 2.05) is 0 Å². The molecule has 5 heteroatoms. The van der Waals surface area contributed by atoms with Crippen molar-refractivity contribution >= 4 is 11.9 Å². The van der Waals surface area contributed by atoms with Gasteiger partial charge < -0.3 is 15.2 Å². The van der Waals surface area contributed by atoms with Crippen LogP contribution in [0.25, 0.3) is 0 Å². The van der Waals surface area contributed by atoms with E-state index in [2.05, 4.69) is 12.2 Å². The van der Waals surface area contributed by atoms with Gasteiger partial charge in [0.15, 0.2) is 0 Å². The summed E-state index contributed by atoms with van der Waals surface area (Å²) < 4.78 is 5.49. The van der Waals surface area contributed by atoms with Crippen molar-refractivity contribution in [1.82, 2.24) is 5.32 Å². The Morgan fingerprint density at radius 3 is 2.65 bits per heavy atom. The lowest BCUT2D eigenvalue weighted by atomic mass is 9.81. The van der Waals surface area contributed by atoms with Crippen molar-refractivity contribution in [3.05, 3.63) is 0 Å². The van der Waals surface area contributed by atoms with E-state index in [-0.39, 0.29) is 23.8 Å². The number of carbonyl (C=O) groups is 2. The van der Waals surface area contributed by atoms with Gasteiger partial charge in [0.25, 0.3) is 0 Å². The number of carbonyl (C=O) groups excluding carboxylic acids is 1. The highest BCUT2D eigenvalue weighted by molar-refractivity contribution is 5.80. The lowest BCUT2D eigenvalue weighted by Crippen LogP contribution is -2.39. The fourth-order valence-electron chi connectivity index (χ4n) is 3.32. The summed E-state index contributed by atoms with van der Waals surface area (Å²) >= 11 is 0. The molecule has 5 nitrogen and oxygen atoms in total. The van der Waals surface area contributed by atoms with E-state index in [0.717, 1.165) is 32.3 Å². The first kappa shape index (κ1) is 15.3. The van der Waals surface area contributed by atoms with E-state index in [9.17, 15) is 9.59 Å². The maximum absolute atomic E-state index is 12.2. The van der Waals surface area contributed by atoms with Gasteiger partial charge in [0, 0.05) is 19.1 Å². The molecule has 20 heavy (non-hydrogen) atoms. The highest BCUT2D eigenvalue weighted by atomic mass is 16.5. The van der Waals surface area contributed by atoms with Crippen LogP contribution >= 0.6 is 0 Å². The number of aliphatic carboxylic acids is 1. The van der Waals surface area contributed by atoms with Crippen LogP contribution in [0, 0.1) is 17.8 Å². The largest absolute Gasteiger partial charge is 0.481 e. The van der Waals surface area contributed by atoms with Crippen molar-refractivity contribution < 1.29 is 19.4 Å². The molecule has 1 aliphatic carbocycles. The fourth-order valence-corrected chi connectivity index (χ4v) is 3.32. The first-order valence-corrected chi connectivity index (χ1v) is 7.68. The molecule has 1 saturated heterocycles. The summed E-state index contributed by atoms with van der Waals surface area (Å²) in [6.45, 7) is 3.53. The standard InChI is InChI=1S/C15H25NO4/c1-10-7-11(5-6-20-10)9-16-14(17)12-3-2-4-13(8-12)15(18)19/h10-13H,2-9H2,1H3,(H,16,17)(H,18,19). The molecule has 2 aliphatic rings. The van der Waals surface area contributed by atoms with E-state index in [1.54, 1.807) is 0 Å². The third kappa shape index (κ3) is 4.20. The van der Waals surface area contributed by atoms with Crippen LogP contribution in [0.1, 0.15) is 45.4 Å². The third-order valence-electron chi connectivity index (χ3n) is 4.55. The highest BCUT2D eigenvalue weighted by Crippen LogP contribution is 2.29. The summed E-state index contributed by atoms with van der Waals surface area (Å²) in [6.07, 6.45) is 5.11. The molecule has 1 aliphatic heterocycles. The highest BCUT2D eigenvalue weighted by Gasteiger charge is 2.31. The summed E-state index contributed by atoms with van der Waals surface area (Å²) in [5.41, 5.74) is 0. The Morgan fingerprint density at radius 1 is 1.20 bits per heavy atom. The quantitative estimate of drug-likeness (QED) is 0.825. The maximum Gasteiger partial charge on any atom is 0.306 e. The lowest BCUT2D eigenvalue weighted by Gasteiger charge is -2.29. The Kier molecular flexibility index (Phi) is 5.40. The molecule has 1 saturated carbocycles. The SMILES string of the molecule is CC1CC(CNC(=O)C2CCCC(C(=O)O)C2)CCO1. The minimum Gasteiger partial charge on any atom is -0.481 e. The van der Waals surface area contributed by atoms with Crippen molar-refractivity contribution in [3.8, 4) is 0 Å². The molecule has 0 bridgehead atoms. The number of rotatable bonds is 4. The minimum atomic E-state index is -0.763. The molecule has 2 fully saturated rings. The van der Waals surface area contributed by atoms with Gasteiger partial charge in [-0.3, -0.25) is 9.59 Å². The van der Waals surface area contributed by atoms with Crippen molar-refractivity contribution in [1.29, 1.82) is 0 Å². The molecule has 0 spiro atoms. The van der Waals surface area contributed by atoms with Crippen LogP contribution in [0.4, 0.5) is 0 Å². The van der Waals surface area contributed by atoms with E-state index in [4.69, 9.17) is 9.84 Å². The Bertz CT molecular complexity index is 358. The van der Waals surface area contributed by atoms with Gasteiger partial charge in [-0.1, -0.05) is 6.42 Å². The molecule has 4 unspecified atom stereocenters. The second-order valence-corrected chi connectivity index (χ2v) is 6.22. The van der Waals surface area contributed by atoms with Crippen LogP contribution in [0.2, 0.25) is 0 Å². The van der Waals surface area contributed by atoms with Crippen LogP contribution in [0.15, 0.2) is 0 Å². The number of carboxylic acids is 1. The first-order chi connectivity index (χ1) is 9.56. The van der Waals surface area contributed by atoms with Crippen LogP contribution in [0.3, 0.4) is 0 Å². The van der Waals surface area contributed by atoms with Crippen molar-refractivity contribution in [3.63, 3.8) is 0 Å². The lowest BCUT2D eigenvalue weighted by molar-refractivity contribution is -0.144. The monoisotopic (exact) mass is 283 g/mol. The molecule has 2 rings (SSSR count). The summed E-state index contributed by atoms with van der Waals surface area (Å²) in [5, 5.41) is 12.1. The molecule has 0 aromatic rings. The molecule has 2 N–H and O–H groups in total. The maximum atomic E-state index is 12.2. The molecule has 1 heterocycles. The van der Waals surface area contributed by atoms with Gasteiger partial charge in [0.05, 0.1) is 12.0 Å². The minimum absolute atomic E-state index is 0.0371. The smallest absolute Gasteiger partial charge is 0.306 e. The van der Waals surface area contributed by atoms with E-state index in [0.29, 0.717) is 25.3 Å². The number of nitrogens with one attached hydrogen (secondary N) is 1. The van der Waals surface area contributed by atoms with Crippen molar-refractivity contribution in [2.24, 2.45) is 17.8 Å². The average Bonchev–Trinajstić information content (AvgIpc) is 2.45. The van der Waals surface area contributed by atoms with Crippen LogP contribution in [-0.4, -0.2) is 36.2 Å². The fraction of sp³-hybridized carbons (Fsp3) is 0.867. The van der Waals surface area contributed by atoms with Gasteiger partial charge in [-0.25, -0.2) is 0 Å². The number of amides is 1. The van der Waals surface area contributed by atoms with Crippen LogP contribution in [-0.2, 0) is 14.3 Å². The summed E-state index contributed by atoms with van der Waals surface area (Å²) in [7, 11) is 0. The Balaban J connectivity index is 1.75. The van der Waals surface area contributed by atoms with Gasteiger partial charge >= 0.3 is 5.97 Å². The normalized spacial score (nSPS) is 34.5. The topological polar surface area (TPSA) is 75.6 Å². The molecular formula is C15H25NO4. The zero-order valence-corrected chi connectivity index (χ0v) is 12.1. The second-order valence-electron chi connectivity index (χ2n) is 6.22. The molecule has 4 atom stereocenters. The van der Waals surface area contributed by atoms with E-state index >= 15 is 0 Å². The first-order valence-electron chi connectivity index (χ1n) is 7.68. The predicted octanol–water partition coefficient (Wildman–Crippen LogP) is 1.81. The van der Waals surface area contributed by atoms with Crippen molar-refractivity contribution in [2.45, 2.75) is 51.6 Å². The Hall–Kier alpha value is -1.10. The van der Waals surface area contributed by atoms with Crippen molar-refractivity contribution in [2.75, 3.05) is 13.2 Å².